The first-order chi connectivity index (χ1) is 10.2. The Balaban J connectivity index is 2.35. The molecule has 0 aliphatic rings. The summed E-state index contributed by atoms with van der Waals surface area (Å²) in [6.45, 7) is 6.64. The Labute approximate surface area is 129 Å². The van der Waals surface area contributed by atoms with Crippen LogP contribution in [0.3, 0.4) is 0 Å². The van der Waals surface area contributed by atoms with Gasteiger partial charge in [0.15, 0.2) is 0 Å². The molecule has 0 radical (unpaired) electrons. The molecule has 1 aromatic carbocycles. The Hall–Kier alpha value is -1.60. The van der Waals surface area contributed by atoms with Crippen LogP contribution in [0.15, 0.2) is 30.9 Å². The van der Waals surface area contributed by atoms with Crippen molar-refractivity contribution in [2.24, 2.45) is 0 Å². The van der Waals surface area contributed by atoms with E-state index < -0.39 is 25.3 Å². The van der Waals surface area contributed by atoms with Crippen LogP contribution < -0.4 is 0 Å². The first-order valence-corrected chi connectivity index (χ1v) is 10.9. The second-order valence-corrected chi connectivity index (χ2v) is 12.4. The average molecular weight is 325 g/mol. The molecular formula is C15H21F2N3OSi. The van der Waals surface area contributed by atoms with Crippen molar-refractivity contribution < 1.29 is 13.9 Å². The first kappa shape index (κ1) is 16.8. The van der Waals surface area contributed by atoms with Crippen LogP contribution in [0.5, 0.6) is 0 Å². The number of aromatic nitrogens is 3. The van der Waals surface area contributed by atoms with Gasteiger partial charge in [0.2, 0.25) is 0 Å². The van der Waals surface area contributed by atoms with Crippen LogP contribution in [-0.2, 0) is 12.1 Å². The van der Waals surface area contributed by atoms with Crippen LogP contribution in [0.4, 0.5) is 8.78 Å². The zero-order valence-electron chi connectivity index (χ0n) is 13.1. The van der Waals surface area contributed by atoms with Gasteiger partial charge in [-0.05, 0) is 12.5 Å². The summed E-state index contributed by atoms with van der Waals surface area (Å²) in [5.41, 5.74) is -1.34. The fourth-order valence-electron chi connectivity index (χ4n) is 2.33. The van der Waals surface area contributed by atoms with Gasteiger partial charge in [0.25, 0.3) is 0 Å². The van der Waals surface area contributed by atoms with Crippen molar-refractivity contribution in [3.8, 4) is 0 Å². The van der Waals surface area contributed by atoms with Gasteiger partial charge in [-0.1, -0.05) is 31.8 Å². The van der Waals surface area contributed by atoms with Crippen molar-refractivity contribution in [3.05, 3.63) is 48.1 Å². The standard InChI is InChI=1S/C15H21F2N3OSi/c1-22(2,3)7-6-15(21,9-20-11-18-10-19-20)13-5-4-12(16)8-14(13)17/h4-5,8,10-11,21H,6-7,9H2,1-3H3. The molecule has 22 heavy (non-hydrogen) atoms. The third-order valence-corrected chi connectivity index (χ3v) is 5.36. The molecule has 0 fully saturated rings. The molecule has 1 unspecified atom stereocenters. The molecule has 1 heterocycles. The van der Waals surface area contributed by atoms with Gasteiger partial charge >= 0.3 is 0 Å². The minimum absolute atomic E-state index is 0.0834. The minimum Gasteiger partial charge on any atom is -0.383 e. The van der Waals surface area contributed by atoms with E-state index in [0.717, 1.165) is 12.1 Å². The number of benzene rings is 1. The number of aliphatic hydroxyl groups is 1. The SMILES string of the molecule is C[Si](C)(C)CCC(O)(Cn1cncn1)c1ccc(F)cc1F. The van der Waals surface area contributed by atoms with E-state index in [2.05, 4.69) is 29.7 Å². The summed E-state index contributed by atoms with van der Waals surface area (Å²) in [5, 5.41) is 15.0. The third-order valence-electron chi connectivity index (χ3n) is 3.61. The highest BCUT2D eigenvalue weighted by atomic mass is 28.3. The number of halogens is 2. The van der Waals surface area contributed by atoms with E-state index in [1.165, 1.54) is 29.5 Å². The maximum absolute atomic E-state index is 14.2. The molecule has 0 aliphatic carbocycles. The summed E-state index contributed by atoms with van der Waals surface area (Å²) in [6, 6.07) is 4.09. The van der Waals surface area contributed by atoms with Crippen LogP contribution >= 0.6 is 0 Å². The van der Waals surface area contributed by atoms with Gasteiger partial charge in [0.05, 0.1) is 6.54 Å². The van der Waals surface area contributed by atoms with Crippen molar-refractivity contribution in [1.82, 2.24) is 14.8 Å². The van der Waals surface area contributed by atoms with Gasteiger partial charge in [-0.15, -0.1) is 0 Å². The number of hydrogen-bond acceptors (Lipinski definition) is 3. The van der Waals surface area contributed by atoms with E-state index in [9.17, 15) is 13.9 Å². The van der Waals surface area contributed by atoms with E-state index in [-0.39, 0.29) is 12.1 Å². The minimum atomic E-state index is -1.44. The summed E-state index contributed by atoms with van der Waals surface area (Å²) in [6.07, 6.45) is 3.23. The topological polar surface area (TPSA) is 50.9 Å². The summed E-state index contributed by atoms with van der Waals surface area (Å²) in [5.74, 6) is -1.40. The smallest absolute Gasteiger partial charge is 0.137 e. The lowest BCUT2D eigenvalue weighted by Gasteiger charge is -2.31. The molecule has 1 N–H and O–H groups in total. The summed E-state index contributed by atoms with van der Waals surface area (Å²) in [7, 11) is -1.43. The van der Waals surface area contributed by atoms with E-state index in [0.29, 0.717) is 6.42 Å². The molecule has 4 nitrogen and oxygen atoms in total. The number of hydrogen-bond donors (Lipinski definition) is 1. The molecule has 0 saturated carbocycles. The number of rotatable bonds is 6. The van der Waals surface area contributed by atoms with Crippen molar-refractivity contribution >= 4 is 8.07 Å². The molecule has 120 valence electrons. The van der Waals surface area contributed by atoms with Crippen LogP contribution in [0.25, 0.3) is 0 Å². The molecule has 1 atom stereocenters. The maximum Gasteiger partial charge on any atom is 0.137 e. The molecular weight excluding hydrogens is 304 g/mol. The van der Waals surface area contributed by atoms with Crippen molar-refractivity contribution in [2.45, 2.75) is 44.3 Å². The molecule has 0 bridgehead atoms. The predicted molar refractivity (Wildman–Crippen MR) is 83.0 cm³/mol. The van der Waals surface area contributed by atoms with Gasteiger partial charge in [0.1, 0.15) is 29.9 Å². The Morgan fingerprint density at radius 1 is 1.27 bits per heavy atom. The second kappa shape index (κ2) is 6.25. The lowest BCUT2D eigenvalue weighted by molar-refractivity contribution is 0.00728. The fourth-order valence-corrected chi connectivity index (χ4v) is 3.49. The Morgan fingerprint density at radius 2 is 2.00 bits per heavy atom. The molecule has 2 rings (SSSR count). The van der Waals surface area contributed by atoms with Gasteiger partial charge in [-0.3, -0.25) is 0 Å². The Bertz CT molecular complexity index is 628. The quantitative estimate of drug-likeness (QED) is 0.830. The van der Waals surface area contributed by atoms with Crippen molar-refractivity contribution in [2.75, 3.05) is 0 Å². The van der Waals surface area contributed by atoms with Crippen LogP contribution in [0, 0.1) is 11.6 Å². The third kappa shape index (κ3) is 4.20. The number of nitrogens with zero attached hydrogens (tertiary/aromatic N) is 3. The summed E-state index contributed by atoms with van der Waals surface area (Å²) < 4.78 is 28.8. The Kier molecular flexibility index (Phi) is 4.77. The highest BCUT2D eigenvalue weighted by molar-refractivity contribution is 6.76. The molecule has 0 spiro atoms. The van der Waals surface area contributed by atoms with E-state index in [1.54, 1.807) is 0 Å². The van der Waals surface area contributed by atoms with E-state index in [4.69, 9.17) is 0 Å². The fraction of sp³-hybridized carbons (Fsp3) is 0.467. The van der Waals surface area contributed by atoms with Crippen molar-refractivity contribution in [3.63, 3.8) is 0 Å². The maximum atomic E-state index is 14.2. The van der Waals surface area contributed by atoms with Crippen LogP contribution in [-0.4, -0.2) is 27.9 Å². The molecule has 7 heteroatoms. The lowest BCUT2D eigenvalue weighted by atomic mass is 9.90. The molecule has 0 amide bonds. The summed E-state index contributed by atoms with van der Waals surface area (Å²) >= 11 is 0. The molecule has 2 aromatic rings. The van der Waals surface area contributed by atoms with Gasteiger partial charge < -0.3 is 5.11 Å². The second-order valence-electron chi connectivity index (χ2n) is 6.81. The normalized spacial score (nSPS) is 14.8. The molecule has 1 aromatic heterocycles. The zero-order chi connectivity index (χ0) is 16.4. The molecule has 0 aliphatic heterocycles. The van der Waals surface area contributed by atoms with E-state index in [1.807, 2.05) is 0 Å². The highest BCUT2D eigenvalue weighted by Gasteiger charge is 2.34. The van der Waals surface area contributed by atoms with Gasteiger partial charge in [-0.2, -0.15) is 5.10 Å². The van der Waals surface area contributed by atoms with Gasteiger partial charge in [-0.25, -0.2) is 18.4 Å². The largest absolute Gasteiger partial charge is 0.383 e. The summed E-state index contributed by atoms with van der Waals surface area (Å²) in [4.78, 5) is 3.84. The average Bonchev–Trinajstić information content (AvgIpc) is 2.88. The molecule has 0 saturated heterocycles. The predicted octanol–water partition coefficient (Wildman–Crippen LogP) is 3.17. The van der Waals surface area contributed by atoms with E-state index >= 15 is 0 Å². The monoisotopic (exact) mass is 325 g/mol. The van der Waals surface area contributed by atoms with Gasteiger partial charge in [0, 0.05) is 19.7 Å². The van der Waals surface area contributed by atoms with Crippen molar-refractivity contribution in [1.29, 1.82) is 0 Å². The van der Waals surface area contributed by atoms with Crippen LogP contribution in [0.2, 0.25) is 25.7 Å². The Morgan fingerprint density at radius 3 is 2.55 bits per heavy atom. The zero-order valence-corrected chi connectivity index (χ0v) is 14.1. The lowest BCUT2D eigenvalue weighted by Crippen LogP contribution is -2.35. The van der Waals surface area contributed by atoms with Crippen LogP contribution in [0.1, 0.15) is 12.0 Å². The first-order valence-electron chi connectivity index (χ1n) is 7.20. The highest BCUT2D eigenvalue weighted by Crippen LogP contribution is 2.33.